The Hall–Kier alpha value is -0.120. The van der Waals surface area contributed by atoms with Gasteiger partial charge in [-0.2, -0.15) is 0 Å². The van der Waals surface area contributed by atoms with Crippen molar-refractivity contribution in [3.8, 4) is 0 Å². The minimum Gasteiger partial charge on any atom is -0.396 e. The summed E-state index contributed by atoms with van der Waals surface area (Å²) in [4.78, 5) is 0. The first kappa shape index (κ1) is 9.44. The number of ether oxygens (including phenoxy) is 1. The van der Waals surface area contributed by atoms with E-state index < -0.39 is 0 Å². The molecule has 2 unspecified atom stereocenters. The van der Waals surface area contributed by atoms with Crippen molar-refractivity contribution in [2.45, 2.75) is 31.8 Å². The van der Waals surface area contributed by atoms with E-state index in [4.69, 9.17) is 4.74 Å². The highest BCUT2D eigenvalue weighted by Gasteiger charge is 2.42. The van der Waals surface area contributed by atoms with Crippen LogP contribution < -0.4 is 0 Å². The normalized spacial score (nSPS) is 37.4. The van der Waals surface area contributed by atoms with E-state index in [0.717, 1.165) is 25.7 Å². The van der Waals surface area contributed by atoms with Crippen LogP contribution in [0.3, 0.4) is 0 Å². The fraction of sp³-hybridized carbons (Fsp3) is 1.00. The summed E-state index contributed by atoms with van der Waals surface area (Å²) in [6.45, 7) is 1.55. The third-order valence-corrected chi connectivity index (χ3v) is 3.47. The maximum absolute atomic E-state index is 9.64. The van der Waals surface area contributed by atoms with Gasteiger partial charge in [-0.25, -0.2) is 0 Å². The van der Waals surface area contributed by atoms with E-state index >= 15 is 0 Å². The molecule has 1 aliphatic carbocycles. The van der Waals surface area contributed by atoms with Crippen molar-refractivity contribution >= 4 is 0 Å². The lowest BCUT2D eigenvalue weighted by molar-refractivity contribution is -0.151. The largest absolute Gasteiger partial charge is 0.396 e. The minimum atomic E-state index is -0.135. The highest BCUT2D eigenvalue weighted by molar-refractivity contribution is 4.90. The molecule has 0 aromatic rings. The average Bonchev–Trinajstić information content (AvgIpc) is 2.44. The molecule has 2 aliphatic rings. The maximum Gasteiger partial charge on any atom is 0.0568 e. The van der Waals surface area contributed by atoms with Crippen molar-refractivity contribution in [1.29, 1.82) is 0 Å². The van der Waals surface area contributed by atoms with Crippen LogP contribution in [0.4, 0.5) is 0 Å². The monoisotopic (exact) mass is 186 g/mol. The van der Waals surface area contributed by atoms with E-state index in [-0.39, 0.29) is 18.1 Å². The van der Waals surface area contributed by atoms with Crippen LogP contribution in [-0.2, 0) is 4.74 Å². The molecule has 0 radical (unpaired) electrons. The van der Waals surface area contributed by atoms with Gasteiger partial charge < -0.3 is 14.9 Å². The topological polar surface area (TPSA) is 49.7 Å². The first-order chi connectivity index (χ1) is 6.26. The van der Waals surface area contributed by atoms with Crippen LogP contribution in [0.2, 0.25) is 0 Å². The van der Waals surface area contributed by atoms with Crippen molar-refractivity contribution in [3.05, 3.63) is 0 Å². The van der Waals surface area contributed by atoms with Crippen LogP contribution in [0, 0.1) is 11.3 Å². The smallest absolute Gasteiger partial charge is 0.0568 e. The highest BCUT2D eigenvalue weighted by Crippen LogP contribution is 2.40. The highest BCUT2D eigenvalue weighted by atomic mass is 16.5. The van der Waals surface area contributed by atoms with Crippen LogP contribution in [-0.4, -0.2) is 36.1 Å². The number of hydrogen-bond acceptors (Lipinski definition) is 3. The molecular formula is C10H18O3. The van der Waals surface area contributed by atoms with E-state index in [0.29, 0.717) is 19.1 Å². The van der Waals surface area contributed by atoms with Crippen molar-refractivity contribution in [3.63, 3.8) is 0 Å². The first-order valence-corrected chi connectivity index (χ1v) is 5.12. The molecule has 3 nitrogen and oxygen atoms in total. The summed E-state index contributed by atoms with van der Waals surface area (Å²) in [7, 11) is 0. The second-order valence-electron chi connectivity index (χ2n) is 4.61. The van der Waals surface area contributed by atoms with Gasteiger partial charge in [0.15, 0.2) is 0 Å². The quantitative estimate of drug-likeness (QED) is 0.676. The molecule has 0 aromatic heterocycles. The molecule has 2 atom stereocenters. The number of aliphatic hydroxyl groups excluding tert-OH is 2. The molecule has 1 saturated heterocycles. The number of aliphatic hydroxyl groups is 2. The Morgan fingerprint density at radius 2 is 2.08 bits per heavy atom. The molecule has 76 valence electrons. The molecule has 1 saturated carbocycles. The van der Waals surface area contributed by atoms with Gasteiger partial charge in [0.1, 0.15) is 0 Å². The Balaban J connectivity index is 1.88. The summed E-state index contributed by atoms with van der Waals surface area (Å²) in [5.74, 6) is 0.399. The third-order valence-electron chi connectivity index (χ3n) is 3.47. The van der Waals surface area contributed by atoms with Gasteiger partial charge in [0.25, 0.3) is 0 Å². The molecule has 0 aromatic carbocycles. The molecule has 2 fully saturated rings. The fourth-order valence-corrected chi connectivity index (χ4v) is 2.48. The van der Waals surface area contributed by atoms with Gasteiger partial charge in [0.05, 0.1) is 25.9 Å². The zero-order chi connectivity index (χ0) is 9.31. The maximum atomic E-state index is 9.64. The Kier molecular flexibility index (Phi) is 2.58. The van der Waals surface area contributed by atoms with Crippen molar-refractivity contribution in [2.75, 3.05) is 19.8 Å². The molecular weight excluding hydrogens is 168 g/mol. The van der Waals surface area contributed by atoms with E-state index in [1.54, 1.807) is 0 Å². The van der Waals surface area contributed by atoms with Crippen molar-refractivity contribution in [1.82, 2.24) is 0 Å². The van der Waals surface area contributed by atoms with Crippen LogP contribution in [0.1, 0.15) is 25.7 Å². The van der Waals surface area contributed by atoms with Gasteiger partial charge in [-0.1, -0.05) is 6.42 Å². The van der Waals surface area contributed by atoms with E-state index in [1.807, 2.05) is 0 Å². The number of hydrogen-bond donors (Lipinski definition) is 2. The second kappa shape index (κ2) is 3.56. The van der Waals surface area contributed by atoms with Crippen LogP contribution in [0.5, 0.6) is 0 Å². The Labute approximate surface area is 78.7 Å². The van der Waals surface area contributed by atoms with Crippen molar-refractivity contribution < 1.29 is 14.9 Å². The lowest BCUT2D eigenvalue weighted by atomic mass is 9.77. The Morgan fingerprint density at radius 3 is 2.46 bits per heavy atom. The SMILES string of the molecule is OCC1(CC2CCCC2O)COC1. The molecule has 0 bridgehead atoms. The zero-order valence-corrected chi connectivity index (χ0v) is 7.91. The summed E-state index contributed by atoms with van der Waals surface area (Å²) in [6, 6.07) is 0. The van der Waals surface area contributed by atoms with Gasteiger partial charge in [-0.05, 0) is 25.2 Å². The van der Waals surface area contributed by atoms with Gasteiger partial charge in [-0.15, -0.1) is 0 Å². The number of rotatable bonds is 3. The molecule has 2 N–H and O–H groups in total. The first-order valence-electron chi connectivity index (χ1n) is 5.12. The predicted octanol–water partition coefficient (Wildman–Crippen LogP) is 0.546. The van der Waals surface area contributed by atoms with Crippen molar-refractivity contribution in [2.24, 2.45) is 11.3 Å². The average molecular weight is 186 g/mol. The fourth-order valence-electron chi connectivity index (χ4n) is 2.48. The lowest BCUT2D eigenvalue weighted by Crippen LogP contribution is -2.47. The van der Waals surface area contributed by atoms with Crippen LogP contribution >= 0.6 is 0 Å². The lowest BCUT2D eigenvalue weighted by Gasteiger charge is -2.42. The van der Waals surface area contributed by atoms with Gasteiger partial charge in [0, 0.05) is 5.41 Å². The molecule has 2 rings (SSSR count). The van der Waals surface area contributed by atoms with Gasteiger partial charge >= 0.3 is 0 Å². The molecule has 1 heterocycles. The van der Waals surface area contributed by atoms with Gasteiger partial charge in [-0.3, -0.25) is 0 Å². The standard InChI is InChI=1S/C10H18O3/c11-5-10(6-13-7-10)4-8-2-1-3-9(8)12/h8-9,11-12H,1-7H2. The Bertz CT molecular complexity index is 171. The summed E-state index contributed by atoms with van der Waals surface area (Å²) < 4.78 is 5.13. The van der Waals surface area contributed by atoms with E-state index in [1.165, 1.54) is 0 Å². The van der Waals surface area contributed by atoms with Crippen LogP contribution in [0.25, 0.3) is 0 Å². The molecule has 0 spiro atoms. The molecule has 3 heteroatoms. The Morgan fingerprint density at radius 1 is 1.31 bits per heavy atom. The predicted molar refractivity (Wildman–Crippen MR) is 48.3 cm³/mol. The molecule has 1 aliphatic heterocycles. The molecule has 13 heavy (non-hydrogen) atoms. The summed E-state index contributed by atoms with van der Waals surface area (Å²) in [5, 5.41) is 18.9. The van der Waals surface area contributed by atoms with Crippen LogP contribution in [0.15, 0.2) is 0 Å². The zero-order valence-electron chi connectivity index (χ0n) is 7.91. The molecule has 0 amide bonds. The summed E-state index contributed by atoms with van der Waals surface area (Å²) in [5.41, 5.74) is -0.0179. The third kappa shape index (κ3) is 1.73. The summed E-state index contributed by atoms with van der Waals surface area (Å²) >= 11 is 0. The second-order valence-corrected chi connectivity index (χ2v) is 4.61. The van der Waals surface area contributed by atoms with E-state index in [2.05, 4.69) is 0 Å². The van der Waals surface area contributed by atoms with Gasteiger partial charge in [0.2, 0.25) is 0 Å². The summed E-state index contributed by atoms with van der Waals surface area (Å²) in [6.07, 6.45) is 3.98. The van der Waals surface area contributed by atoms with E-state index in [9.17, 15) is 10.2 Å². The minimum absolute atomic E-state index is 0.0179.